The topological polar surface area (TPSA) is 92.7 Å². The molecule has 1 fully saturated rings. The van der Waals surface area contributed by atoms with Gasteiger partial charge in [0.1, 0.15) is 12.4 Å². The third kappa shape index (κ3) is 4.44. The van der Waals surface area contributed by atoms with E-state index in [1.54, 1.807) is 12.1 Å². The van der Waals surface area contributed by atoms with Gasteiger partial charge in [0.15, 0.2) is 9.84 Å². The summed E-state index contributed by atoms with van der Waals surface area (Å²) >= 11 is 0. The monoisotopic (exact) mass is 313 g/mol. The van der Waals surface area contributed by atoms with Crippen molar-refractivity contribution in [3.05, 3.63) is 29.8 Å². The Labute approximate surface area is 124 Å². The SMILES string of the molecule is O=C(O)c1ccc(OCCNCC2CCCS2(=O)=O)cc1. The third-order valence-corrected chi connectivity index (χ3v) is 5.76. The Balaban J connectivity index is 1.67. The van der Waals surface area contributed by atoms with Crippen LogP contribution in [0.4, 0.5) is 0 Å². The van der Waals surface area contributed by atoms with Crippen LogP contribution >= 0.6 is 0 Å². The van der Waals surface area contributed by atoms with Crippen LogP contribution in [0.25, 0.3) is 0 Å². The van der Waals surface area contributed by atoms with Gasteiger partial charge in [-0.05, 0) is 37.1 Å². The lowest BCUT2D eigenvalue weighted by Crippen LogP contribution is -2.32. The van der Waals surface area contributed by atoms with Gasteiger partial charge >= 0.3 is 5.97 Å². The minimum Gasteiger partial charge on any atom is -0.492 e. The number of ether oxygens (including phenoxy) is 1. The molecule has 0 spiro atoms. The average molecular weight is 313 g/mol. The second-order valence-corrected chi connectivity index (χ2v) is 7.41. The Hall–Kier alpha value is -1.60. The van der Waals surface area contributed by atoms with Crippen LogP contribution in [0.1, 0.15) is 23.2 Å². The number of carbonyl (C=O) groups is 1. The Kier molecular flexibility index (Phi) is 5.19. The minimum atomic E-state index is -2.90. The molecule has 1 unspecified atom stereocenters. The molecule has 0 bridgehead atoms. The summed E-state index contributed by atoms with van der Waals surface area (Å²) in [6.45, 7) is 1.41. The quantitative estimate of drug-likeness (QED) is 0.728. The predicted molar refractivity (Wildman–Crippen MR) is 78.6 cm³/mol. The van der Waals surface area contributed by atoms with Gasteiger partial charge in [0.25, 0.3) is 0 Å². The molecule has 0 amide bonds. The van der Waals surface area contributed by atoms with Crippen molar-refractivity contribution >= 4 is 15.8 Å². The van der Waals surface area contributed by atoms with Gasteiger partial charge in [-0.1, -0.05) is 0 Å². The highest BCUT2D eigenvalue weighted by Crippen LogP contribution is 2.18. The first-order chi connectivity index (χ1) is 9.99. The van der Waals surface area contributed by atoms with E-state index in [1.807, 2.05) is 0 Å². The zero-order chi connectivity index (χ0) is 15.3. The maximum Gasteiger partial charge on any atom is 0.335 e. The Morgan fingerprint density at radius 3 is 2.62 bits per heavy atom. The molecule has 6 nitrogen and oxygen atoms in total. The molecule has 1 heterocycles. The van der Waals surface area contributed by atoms with Gasteiger partial charge in [-0.15, -0.1) is 0 Å². The average Bonchev–Trinajstić information content (AvgIpc) is 2.78. The summed E-state index contributed by atoms with van der Waals surface area (Å²) in [6, 6.07) is 6.17. The van der Waals surface area contributed by atoms with Crippen molar-refractivity contribution < 1.29 is 23.1 Å². The molecule has 1 aliphatic rings. The molecule has 0 radical (unpaired) electrons. The molecule has 0 saturated carbocycles. The largest absolute Gasteiger partial charge is 0.492 e. The second-order valence-electron chi connectivity index (χ2n) is 5.01. The van der Waals surface area contributed by atoms with Gasteiger partial charge in [0, 0.05) is 13.1 Å². The lowest BCUT2D eigenvalue weighted by molar-refractivity contribution is 0.0697. The molecule has 1 atom stereocenters. The highest BCUT2D eigenvalue weighted by atomic mass is 32.2. The van der Waals surface area contributed by atoms with Gasteiger partial charge in [0.2, 0.25) is 0 Å². The van der Waals surface area contributed by atoms with Gasteiger partial charge < -0.3 is 15.2 Å². The second kappa shape index (κ2) is 6.91. The first-order valence-corrected chi connectivity index (χ1v) is 8.59. The van der Waals surface area contributed by atoms with Crippen LogP contribution < -0.4 is 10.1 Å². The van der Waals surface area contributed by atoms with Crippen LogP contribution in [-0.2, 0) is 9.84 Å². The number of nitrogens with one attached hydrogen (secondary N) is 1. The molecule has 2 rings (SSSR count). The zero-order valence-electron chi connectivity index (χ0n) is 11.6. The Morgan fingerprint density at radius 1 is 1.33 bits per heavy atom. The summed E-state index contributed by atoms with van der Waals surface area (Å²) in [5.74, 6) is -0.0811. The first-order valence-electron chi connectivity index (χ1n) is 6.87. The van der Waals surface area contributed by atoms with Crippen LogP contribution in [0.2, 0.25) is 0 Å². The molecule has 2 N–H and O–H groups in total. The van der Waals surface area contributed by atoms with Crippen molar-refractivity contribution in [1.29, 1.82) is 0 Å². The molecule has 0 aromatic heterocycles. The van der Waals surface area contributed by atoms with E-state index in [0.29, 0.717) is 31.2 Å². The van der Waals surface area contributed by atoms with E-state index >= 15 is 0 Å². The lowest BCUT2D eigenvalue weighted by atomic mass is 10.2. The van der Waals surface area contributed by atoms with E-state index in [1.165, 1.54) is 12.1 Å². The molecular weight excluding hydrogens is 294 g/mol. The van der Waals surface area contributed by atoms with Crippen molar-refractivity contribution in [2.75, 3.05) is 25.4 Å². The standard InChI is InChI=1S/C14H19NO5S/c16-14(17)11-3-5-12(6-4-11)20-8-7-15-10-13-2-1-9-21(13,18)19/h3-6,13,15H,1-2,7-10H2,(H,16,17). The van der Waals surface area contributed by atoms with E-state index in [4.69, 9.17) is 9.84 Å². The van der Waals surface area contributed by atoms with Crippen molar-refractivity contribution in [3.8, 4) is 5.75 Å². The van der Waals surface area contributed by atoms with Crippen molar-refractivity contribution in [1.82, 2.24) is 5.32 Å². The van der Waals surface area contributed by atoms with E-state index in [9.17, 15) is 13.2 Å². The van der Waals surface area contributed by atoms with Crippen LogP contribution in [0, 0.1) is 0 Å². The summed E-state index contributed by atoms with van der Waals surface area (Å²) in [7, 11) is -2.90. The van der Waals surface area contributed by atoms with Crippen molar-refractivity contribution in [3.63, 3.8) is 0 Å². The van der Waals surface area contributed by atoms with Crippen LogP contribution in [0.3, 0.4) is 0 Å². The molecule has 1 saturated heterocycles. The van der Waals surface area contributed by atoms with Crippen LogP contribution in [0.15, 0.2) is 24.3 Å². The Morgan fingerprint density at radius 2 is 2.05 bits per heavy atom. The fourth-order valence-corrected chi connectivity index (χ4v) is 4.09. The van der Waals surface area contributed by atoms with Gasteiger partial charge in [-0.25, -0.2) is 13.2 Å². The molecule has 7 heteroatoms. The zero-order valence-corrected chi connectivity index (χ0v) is 12.4. The number of hydrogen-bond acceptors (Lipinski definition) is 5. The number of hydrogen-bond donors (Lipinski definition) is 2. The summed E-state index contributed by atoms with van der Waals surface area (Å²) in [5, 5.41) is 11.6. The number of rotatable bonds is 7. The molecule has 21 heavy (non-hydrogen) atoms. The summed E-state index contributed by atoms with van der Waals surface area (Å²) in [4.78, 5) is 10.7. The molecular formula is C14H19NO5S. The van der Waals surface area contributed by atoms with Gasteiger partial charge in [-0.3, -0.25) is 0 Å². The number of aromatic carboxylic acids is 1. The molecule has 1 aromatic rings. The van der Waals surface area contributed by atoms with Crippen molar-refractivity contribution in [2.24, 2.45) is 0 Å². The number of carboxylic acids is 1. The van der Waals surface area contributed by atoms with E-state index in [0.717, 1.165) is 12.8 Å². The summed E-state index contributed by atoms with van der Waals surface area (Å²) in [5.41, 5.74) is 0.215. The lowest BCUT2D eigenvalue weighted by Gasteiger charge is -2.11. The fraction of sp³-hybridized carbons (Fsp3) is 0.500. The fourth-order valence-electron chi connectivity index (χ4n) is 2.29. The number of carboxylic acid groups (broad SMARTS) is 1. The van der Waals surface area contributed by atoms with Gasteiger partial charge in [-0.2, -0.15) is 0 Å². The number of benzene rings is 1. The first kappa shape index (κ1) is 15.8. The van der Waals surface area contributed by atoms with E-state index in [2.05, 4.69) is 5.32 Å². The molecule has 1 aromatic carbocycles. The van der Waals surface area contributed by atoms with E-state index in [-0.39, 0.29) is 10.8 Å². The molecule has 116 valence electrons. The minimum absolute atomic E-state index is 0.215. The Bertz CT molecular complexity index is 582. The molecule has 0 aliphatic carbocycles. The van der Waals surface area contributed by atoms with Crippen LogP contribution in [-0.4, -0.2) is 50.2 Å². The maximum atomic E-state index is 11.6. The summed E-state index contributed by atoms with van der Waals surface area (Å²) < 4.78 is 28.7. The number of sulfone groups is 1. The maximum absolute atomic E-state index is 11.6. The predicted octanol–water partition coefficient (Wildman–Crippen LogP) is 0.930. The smallest absolute Gasteiger partial charge is 0.335 e. The molecule has 1 aliphatic heterocycles. The van der Waals surface area contributed by atoms with Crippen LogP contribution in [0.5, 0.6) is 5.75 Å². The summed E-state index contributed by atoms with van der Waals surface area (Å²) in [6.07, 6.45) is 1.48. The highest BCUT2D eigenvalue weighted by Gasteiger charge is 2.30. The van der Waals surface area contributed by atoms with Crippen molar-refractivity contribution in [2.45, 2.75) is 18.1 Å². The third-order valence-electron chi connectivity index (χ3n) is 3.48. The van der Waals surface area contributed by atoms with E-state index < -0.39 is 15.8 Å². The highest BCUT2D eigenvalue weighted by molar-refractivity contribution is 7.92. The van der Waals surface area contributed by atoms with Gasteiger partial charge in [0.05, 0.1) is 16.6 Å². The normalized spacial score (nSPS) is 20.3.